The lowest BCUT2D eigenvalue weighted by Gasteiger charge is -2.26. The molecule has 1 atom stereocenters. The first-order chi connectivity index (χ1) is 12.2. The molecule has 6 heteroatoms. The van der Waals surface area contributed by atoms with E-state index < -0.39 is 0 Å². The molecule has 1 aromatic heterocycles. The Labute approximate surface area is 148 Å². The Bertz CT molecular complexity index is 722. The van der Waals surface area contributed by atoms with E-state index in [1.54, 1.807) is 33.7 Å². The van der Waals surface area contributed by atoms with Gasteiger partial charge in [0, 0.05) is 31.0 Å². The second-order valence-electron chi connectivity index (χ2n) is 6.10. The smallest absolute Gasteiger partial charge is 0.203 e. The Morgan fingerprint density at radius 1 is 0.960 bits per heavy atom. The number of methoxy groups -OCH3 is 3. The maximum atomic E-state index is 5.66. The van der Waals surface area contributed by atoms with Gasteiger partial charge in [0.15, 0.2) is 11.5 Å². The number of aromatic nitrogens is 2. The van der Waals surface area contributed by atoms with Crippen molar-refractivity contribution >= 4 is 0 Å². The summed E-state index contributed by atoms with van der Waals surface area (Å²) in [6, 6.07) is 4.09. The van der Waals surface area contributed by atoms with Gasteiger partial charge >= 0.3 is 0 Å². The average molecular weight is 343 g/mol. The SMILES string of the molecule is COc1cc2c(c(OC)c1OC)CCN(C(C)c1ncccn1)CC2. The van der Waals surface area contributed by atoms with Crippen LogP contribution in [0.3, 0.4) is 0 Å². The van der Waals surface area contributed by atoms with Gasteiger partial charge in [0.25, 0.3) is 0 Å². The molecule has 134 valence electrons. The first-order valence-electron chi connectivity index (χ1n) is 8.51. The van der Waals surface area contributed by atoms with Crippen LogP contribution in [0.5, 0.6) is 17.2 Å². The average Bonchev–Trinajstić information content (AvgIpc) is 2.88. The molecule has 0 bridgehead atoms. The van der Waals surface area contributed by atoms with Crippen LogP contribution in [0.25, 0.3) is 0 Å². The van der Waals surface area contributed by atoms with E-state index in [2.05, 4.69) is 27.9 Å². The van der Waals surface area contributed by atoms with Gasteiger partial charge in [0.1, 0.15) is 5.82 Å². The van der Waals surface area contributed by atoms with Gasteiger partial charge in [-0.05, 0) is 37.5 Å². The minimum atomic E-state index is 0.172. The van der Waals surface area contributed by atoms with Gasteiger partial charge in [-0.15, -0.1) is 0 Å². The van der Waals surface area contributed by atoms with E-state index >= 15 is 0 Å². The lowest BCUT2D eigenvalue weighted by molar-refractivity contribution is 0.212. The number of hydrogen-bond acceptors (Lipinski definition) is 6. The van der Waals surface area contributed by atoms with Crippen molar-refractivity contribution in [3.63, 3.8) is 0 Å². The lowest BCUT2D eigenvalue weighted by atomic mass is 10.0. The molecule has 2 heterocycles. The number of ether oxygens (including phenoxy) is 3. The van der Waals surface area contributed by atoms with E-state index in [-0.39, 0.29) is 6.04 Å². The molecular formula is C19H25N3O3. The van der Waals surface area contributed by atoms with Crippen molar-refractivity contribution in [2.45, 2.75) is 25.8 Å². The number of nitrogens with zero attached hydrogens (tertiary/aromatic N) is 3. The van der Waals surface area contributed by atoms with E-state index in [1.165, 1.54) is 11.1 Å². The first-order valence-corrected chi connectivity index (χ1v) is 8.51. The lowest BCUT2D eigenvalue weighted by Crippen LogP contribution is -2.30. The number of benzene rings is 1. The molecule has 0 spiro atoms. The van der Waals surface area contributed by atoms with Crippen LogP contribution in [0.15, 0.2) is 24.5 Å². The van der Waals surface area contributed by atoms with E-state index in [9.17, 15) is 0 Å². The Hall–Kier alpha value is -2.34. The molecular weight excluding hydrogens is 318 g/mol. The second-order valence-corrected chi connectivity index (χ2v) is 6.10. The minimum absolute atomic E-state index is 0.172. The van der Waals surface area contributed by atoms with Gasteiger partial charge in [-0.1, -0.05) is 0 Å². The number of rotatable bonds is 5. The third kappa shape index (κ3) is 3.39. The van der Waals surface area contributed by atoms with Crippen molar-refractivity contribution in [3.8, 4) is 17.2 Å². The summed E-state index contributed by atoms with van der Waals surface area (Å²) in [6.45, 7) is 4.01. The van der Waals surface area contributed by atoms with Crippen molar-refractivity contribution in [1.29, 1.82) is 0 Å². The molecule has 0 saturated carbocycles. The fourth-order valence-corrected chi connectivity index (χ4v) is 3.47. The van der Waals surface area contributed by atoms with Crippen molar-refractivity contribution in [2.24, 2.45) is 0 Å². The molecule has 3 rings (SSSR count). The topological polar surface area (TPSA) is 56.7 Å². The first kappa shape index (κ1) is 17.5. The van der Waals surface area contributed by atoms with Crippen molar-refractivity contribution < 1.29 is 14.2 Å². The highest BCUT2D eigenvalue weighted by Crippen LogP contribution is 2.43. The molecule has 0 saturated heterocycles. The molecule has 1 unspecified atom stereocenters. The van der Waals surface area contributed by atoms with Crippen molar-refractivity contribution in [3.05, 3.63) is 41.5 Å². The van der Waals surface area contributed by atoms with Crippen LogP contribution >= 0.6 is 0 Å². The zero-order valence-corrected chi connectivity index (χ0v) is 15.3. The fourth-order valence-electron chi connectivity index (χ4n) is 3.47. The van der Waals surface area contributed by atoms with E-state index in [0.717, 1.165) is 37.5 Å². The largest absolute Gasteiger partial charge is 0.493 e. The van der Waals surface area contributed by atoms with Crippen LogP contribution in [0.1, 0.15) is 29.9 Å². The highest BCUT2D eigenvalue weighted by molar-refractivity contribution is 5.59. The maximum Gasteiger partial charge on any atom is 0.203 e. The Balaban J connectivity index is 1.89. The van der Waals surface area contributed by atoms with E-state index in [1.807, 2.05) is 6.07 Å². The van der Waals surface area contributed by atoms with Crippen LogP contribution in [-0.2, 0) is 12.8 Å². The summed E-state index contributed by atoms with van der Waals surface area (Å²) >= 11 is 0. The fraction of sp³-hybridized carbons (Fsp3) is 0.474. The molecule has 2 aromatic rings. The summed E-state index contributed by atoms with van der Waals surface area (Å²) in [6.07, 6.45) is 5.40. The standard InChI is InChI=1S/C19H25N3O3/c1-13(19-20-8-5-9-21-19)22-10-6-14-12-16(23-2)18(25-4)17(24-3)15(14)7-11-22/h5,8-9,12-13H,6-7,10-11H2,1-4H3. The van der Waals surface area contributed by atoms with Gasteiger partial charge in [-0.2, -0.15) is 0 Å². The normalized spacial score (nSPS) is 15.8. The summed E-state index contributed by atoms with van der Waals surface area (Å²) in [7, 11) is 4.98. The predicted octanol–water partition coefficient (Wildman–Crippen LogP) is 2.66. The van der Waals surface area contributed by atoms with E-state index in [4.69, 9.17) is 14.2 Å². The summed E-state index contributed by atoms with van der Waals surface area (Å²) in [4.78, 5) is 11.2. The van der Waals surface area contributed by atoms with E-state index in [0.29, 0.717) is 11.5 Å². The highest BCUT2D eigenvalue weighted by atomic mass is 16.5. The van der Waals surface area contributed by atoms with Crippen LogP contribution in [0.2, 0.25) is 0 Å². The molecule has 0 amide bonds. The van der Waals surface area contributed by atoms with Crippen molar-refractivity contribution in [2.75, 3.05) is 34.4 Å². The van der Waals surface area contributed by atoms with Gasteiger partial charge in [0.2, 0.25) is 5.75 Å². The predicted molar refractivity (Wildman–Crippen MR) is 95.5 cm³/mol. The summed E-state index contributed by atoms with van der Waals surface area (Å²) in [5.41, 5.74) is 2.45. The van der Waals surface area contributed by atoms with Gasteiger partial charge in [-0.25, -0.2) is 9.97 Å². The maximum absolute atomic E-state index is 5.66. The summed E-state index contributed by atoms with van der Waals surface area (Å²) in [5.74, 6) is 3.01. The molecule has 0 N–H and O–H groups in total. The van der Waals surface area contributed by atoms with Crippen LogP contribution < -0.4 is 14.2 Å². The minimum Gasteiger partial charge on any atom is -0.493 e. The zero-order chi connectivity index (χ0) is 17.8. The molecule has 1 aromatic carbocycles. The zero-order valence-electron chi connectivity index (χ0n) is 15.3. The van der Waals surface area contributed by atoms with Gasteiger partial charge < -0.3 is 14.2 Å². The number of hydrogen-bond donors (Lipinski definition) is 0. The molecule has 25 heavy (non-hydrogen) atoms. The third-order valence-corrected chi connectivity index (χ3v) is 4.85. The quantitative estimate of drug-likeness (QED) is 0.832. The highest BCUT2D eigenvalue weighted by Gasteiger charge is 2.26. The third-order valence-electron chi connectivity index (χ3n) is 4.85. The molecule has 1 aliphatic heterocycles. The molecule has 0 radical (unpaired) electrons. The van der Waals surface area contributed by atoms with Gasteiger partial charge in [0.05, 0.1) is 27.4 Å². The summed E-state index contributed by atoms with van der Waals surface area (Å²) < 4.78 is 16.7. The molecule has 1 aliphatic rings. The van der Waals surface area contributed by atoms with Gasteiger partial charge in [-0.3, -0.25) is 4.90 Å². The second kappa shape index (κ2) is 7.70. The monoisotopic (exact) mass is 343 g/mol. The Morgan fingerprint density at radius 3 is 2.28 bits per heavy atom. The number of fused-ring (bicyclic) bond motifs is 1. The Kier molecular flexibility index (Phi) is 5.38. The Morgan fingerprint density at radius 2 is 1.64 bits per heavy atom. The molecule has 0 aliphatic carbocycles. The van der Waals surface area contributed by atoms with Crippen LogP contribution in [-0.4, -0.2) is 49.3 Å². The van der Waals surface area contributed by atoms with Crippen LogP contribution in [0, 0.1) is 0 Å². The molecule has 0 fully saturated rings. The molecule has 6 nitrogen and oxygen atoms in total. The summed E-state index contributed by atoms with van der Waals surface area (Å²) in [5, 5.41) is 0. The van der Waals surface area contributed by atoms with Crippen molar-refractivity contribution in [1.82, 2.24) is 14.9 Å². The van der Waals surface area contributed by atoms with Crippen LogP contribution in [0.4, 0.5) is 0 Å².